The van der Waals surface area contributed by atoms with Gasteiger partial charge in [-0.2, -0.15) is 0 Å². The molecular formula is C18H17N3OS. The maximum Gasteiger partial charge on any atom is 0.258 e. The minimum absolute atomic E-state index is 0.170. The highest BCUT2D eigenvalue weighted by Crippen LogP contribution is 2.26. The van der Waals surface area contributed by atoms with Crippen molar-refractivity contribution in [2.24, 2.45) is 0 Å². The van der Waals surface area contributed by atoms with Crippen LogP contribution in [-0.2, 0) is 0 Å². The number of hydrogen-bond acceptors (Lipinski definition) is 4. The summed E-state index contributed by atoms with van der Waals surface area (Å²) in [4.78, 5) is 12.6. The lowest BCUT2D eigenvalue weighted by molar-refractivity contribution is 0.102. The first-order chi connectivity index (χ1) is 11.1. The van der Waals surface area contributed by atoms with E-state index in [1.165, 1.54) is 11.3 Å². The Balaban J connectivity index is 1.88. The summed E-state index contributed by atoms with van der Waals surface area (Å²) in [6, 6.07) is 17.4. The fourth-order valence-electron chi connectivity index (χ4n) is 2.23. The normalized spacial score (nSPS) is 10.7. The van der Waals surface area contributed by atoms with Crippen molar-refractivity contribution in [3.8, 4) is 11.1 Å². The second kappa shape index (κ2) is 6.71. The molecule has 3 rings (SSSR count). The van der Waals surface area contributed by atoms with Gasteiger partial charge in [0, 0.05) is 11.5 Å². The summed E-state index contributed by atoms with van der Waals surface area (Å²) >= 11 is 1.41. The van der Waals surface area contributed by atoms with E-state index in [0.717, 1.165) is 16.1 Å². The molecule has 1 aromatic heterocycles. The number of nitrogens with zero attached hydrogens (tertiary/aromatic N) is 2. The predicted molar refractivity (Wildman–Crippen MR) is 93.8 cm³/mol. The molecule has 23 heavy (non-hydrogen) atoms. The van der Waals surface area contributed by atoms with E-state index in [4.69, 9.17) is 0 Å². The molecule has 3 aromatic rings. The molecular weight excluding hydrogens is 306 g/mol. The van der Waals surface area contributed by atoms with E-state index < -0.39 is 0 Å². The van der Waals surface area contributed by atoms with Crippen LogP contribution in [0.2, 0.25) is 0 Å². The van der Waals surface area contributed by atoms with E-state index in [9.17, 15) is 4.79 Å². The Bertz CT molecular complexity index is 812. The van der Waals surface area contributed by atoms with Gasteiger partial charge in [-0.25, -0.2) is 0 Å². The second-order valence-electron chi connectivity index (χ2n) is 5.47. The number of rotatable bonds is 4. The molecule has 0 aliphatic carbocycles. The van der Waals surface area contributed by atoms with Crippen LogP contribution in [0.15, 0.2) is 54.6 Å². The predicted octanol–water partition coefficient (Wildman–Crippen LogP) is 4.58. The number of nitrogens with one attached hydrogen (secondary N) is 1. The van der Waals surface area contributed by atoms with Gasteiger partial charge in [-0.15, -0.1) is 10.2 Å². The monoisotopic (exact) mass is 323 g/mol. The van der Waals surface area contributed by atoms with Crippen molar-refractivity contribution in [2.75, 3.05) is 5.32 Å². The number of carbonyl (C=O) groups excluding carboxylic acids is 1. The molecule has 0 saturated carbocycles. The van der Waals surface area contributed by atoms with Gasteiger partial charge < -0.3 is 0 Å². The quantitative estimate of drug-likeness (QED) is 0.764. The van der Waals surface area contributed by atoms with Gasteiger partial charge in [-0.1, -0.05) is 73.7 Å². The maximum absolute atomic E-state index is 12.6. The van der Waals surface area contributed by atoms with Crippen molar-refractivity contribution in [3.63, 3.8) is 0 Å². The van der Waals surface area contributed by atoms with Crippen LogP contribution in [-0.4, -0.2) is 16.1 Å². The van der Waals surface area contributed by atoms with Crippen molar-refractivity contribution in [1.82, 2.24) is 10.2 Å². The van der Waals surface area contributed by atoms with Crippen LogP contribution in [0.25, 0.3) is 11.1 Å². The Kier molecular flexibility index (Phi) is 4.48. The molecule has 0 radical (unpaired) electrons. The molecule has 0 saturated heterocycles. The summed E-state index contributed by atoms with van der Waals surface area (Å²) in [5, 5.41) is 12.4. The van der Waals surface area contributed by atoms with Gasteiger partial charge in [0.2, 0.25) is 5.13 Å². The Hall–Kier alpha value is -2.53. The molecule has 0 aliphatic heterocycles. The van der Waals surface area contributed by atoms with Gasteiger partial charge in [-0.3, -0.25) is 10.1 Å². The molecule has 116 valence electrons. The topological polar surface area (TPSA) is 54.9 Å². The molecule has 2 aromatic carbocycles. The van der Waals surface area contributed by atoms with E-state index in [0.29, 0.717) is 16.6 Å². The molecule has 1 heterocycles. The highest BCUT2D eigenvalue weighted by Gasteiger charge is 2.15. The van der Waals surface area contributed by atoms with Gasteiger partial charge in [0.1, 0.15) is 5.01 Å². The second-order valence-corrected chi connectivity index (χ2v) is 6.47. The smallest absolute Gasteiger partial charge is 0.258 e. The maximum atomic E-state index is 12.6. The number of benzene rings is 2. The lowest BCUT2D eigenvalue weighted by Gasteiger charge is -2.08. The van der Waals surface area contributed by atoms with Crippen molar-refractivity contribution < 1.29 is 4.79 Å². The van der Waals surface area contributed by atoms with E-state index in [1.54, 1.807) is 0 Å². The van der Waals surface area contributed by atoms with Gasteiger partial charge in [0.05, 0.1) is 0 Å². The number of amides is 1. The lowest BCUT2D eigenvalue weighted by Crippen LogP contribution is -2.13. The SMILES string of the molecule is CC(C)c1nnc(NC(=O)c2ccccc2-c2ccccc2)s1. The summed E-state index contributed by atoms with van der Waals surface area (Å²) < 4.78 is 0. The Morgan fingerprint density at radius 1 is 1.00 bits per heavy atom. The van der Waals surface area contributed by atoms with Crippen molar-refractivity contribution in [1.29, 1.82) is 0 Å². The van der Waals surface area contributed by atoms with Gasteiger partial charge in [0.25, 0.3) is 5.91 Å². The van der Waals surface area contributed by atoms with Crippen molar-refractivity contribution in [3.05, 3.63) is 65.2 Å². The summed E-state index contributed by atoms with van der Waals surface area (Å²) in [5.74, 6) is 0.130. The standard InChI is InChI=1S/C18H17N3OS/c1-12(2)17-20-21-18(23-17)19-16(22)15-11-7-6-10-14(15)13-8-4-3-5-9-13/h3-12H,1-2H3,(H,19,21,22). The molecule has 5 heteroatoms. The third kappa shape index (κ3) is 3.46. The molecule has 1 N–H and O–H groups in total. The average Bonchev–Trinajstić information content (AvgIpc) is 3.04. The Labute approximate surface area is 139 Å². The Morgan fingerprint density at radius 2 is 1.70 bits per heavy atom. The van der Waals surface area contributed by atoms with E-state index in [1.807, 2.05) is 54.6 Å². The van der Waals surface area contributed by atoms with E-state index >= 15 is 0 Å². The Morgan fingerprint density at radius 3 is 2.39 bits per heavy atom. The third-order valence-corrected chi connectivity index (χ3v) is 4.55. The van der Waals surface area contributed by atoms with E-state index in [2.05, 4.69) is 29.4 Å². The number of carbonyl (C=O) groups is 1. The van der Waals surface area contributed by atoms with Crippen LogP contribution in [0.1, 0.15) is 35.1 Å². The van der Waals surface area contributed by atoms with Crippen LogP contribution in [0, 0.1) is 0 Å². The van der Waals surface area contributed by atoms with Gasteiger partial charge in [0.15, 0.2) is 0 Å². The summed E-state index contributed by atoms with van der Waals surface area (Å²) in [5.41, 5.74) is 2.54. The molecule has 4 nitrogen and oxygen atoms in total. The minimum Gasteiger partial charge on any atom is -0.296 e. The molecule has 0 aliphatic rings. The zero-order valence-electron chi connectivity index (χ0n) is 13.0. The zero-order chi connectivity index (χ0) is 16.2. The van der Waals surface area contributed by atoms with Gasteiger partial charge >= 0.3 is 0 Å². The zero-order valence-corrected chi connectivity index (χ0v) is 13.8. The summed E-state index contributed by atoms with van der Waals surface area (Å²) in [6.45, 7) is 4.10. The fraction of sp³-hybridized carbons (Fsp3) is 0.167. The molecule has 0 fully saturated rings. The first-order valence-corrected chi connectivity index (χ1v) is 8.26. The lowest BCUT2D eigenvalue weighted by atomic mass is 9.99. The summed E-state index contributed by atoms with van der Waals surface area (Å²) in [7, 11) is 0. The number of anilines is 1. The van der Waals surface area contributed by atoms with E-state index in [-0.39, 0.29) is 5.91 Å². The van der Waals surface area contributed by atoms with Gasteiger partial charge in [-0.05, 0) is 17.2 Å². The molecule has 1 amide bonds. The first kappa shape index (κ1) is 15.4. The fourth-order valence-corrected chi connectivity index (χ4v) is 2.97. The molecule has 0 spiro atoms. The van der Waals surface area contributed by atoms with Crippen LogP contribution in [0.3, 0.4) is 0 Å². The number of aromatic nitrogens is 2. The van der Waals surface area contributed by atoms with Crippen LogP contribution < -0.4 is 5.32 Å². The van der Waals surface area contributed by atoms with Crippen molar-refractivity contribution >= 4 is 22.4 Å². The van der Waals surface area contributed by atoms with Crippen LogP contribution >= 0.6 is 11.3 Å². The minimum atomic E-state index is -0.170. The van der Waals surface area contributed by atoms with Crippen molar-refractivity contribution in [2.45, 2.75) is 19.8 Å². The summed E-state index contributed by atoms with van der Waals surface area (Å²) in [6.07, 6.45) is 0. The van der Waals surface area contributed by atoms with Crippen LogP contribution in [0.5, 0.6) is 0 Å². The molecule has 0 atom stereocenters. The third-order valence-electron chi connectivity index (χ3n) is 3.41. The highest BCUT2D eigenvalue weighted by atomic mass is 32.1. The number of hydrogen-bond donors (Lipinski definition) is 1. The molecule has 0 bridgehead atoms. The van der Waals surface area contributed by atoms with Crippen LogP contribution in [0.4, 0.5) is 5.13 Å². The first-order valence-electron chi connectivity index (χ1n) is 7.44. The molecule has 0 unspecified atom stereocenters. The largest absolute Gasteiger partial charge is 0.296 e. The average molecular weight is 323 g/mol. The highest BCUT2D eigenvalue weighted by molar-refractivity contribution is 7.15.